The molecular formula is C11H14N2O3. The maximum Gasteiger partial charge on any atom is 0.311 e. The summed E-state index contributed by atoms with van der Waals surface area (Å²) in [6.45, 7) is 4.81. The van der Waals surface area contributed by atoms with E-state index in [1.807, 2.05) is 0 Å². The first-order valence-corrected chi connectivity index (χ1v) is 4.82. The number of nitro groups is 1. The number of nitrogens with one attached hydrogen (secondary N) is 1. The lowest BCUT2D eigenvalue weighted by Crippen LogP contribution is -2.12. The van der Waals surface area contributed by atoms with E-state index in [9.17, 15) is 10.1 Å². The van der Waals surface area contributed by atoms with Gasteiger partial charge in [-0.2, -0.15) is 0 Å². The molecule has 86 valence electrons. The molecule has 0 radical (unpaired) electrons. The van der Waals surface area contributed by atoms with Crippen molar-refractivity contribution in [1.82, 2.24) is 5.32 Å². The molecule has 5 nitrogen and oxygen atoms in total. The molecule has 1 aromatic rings. The first-order chi connectivity index (χ1) is 7.69. The van der Waals surface area contributed by atoms with Crippen LogP contribution in [0.3, 0.4) is 0 Å². The van der Waals surface area contributed by atoms with Crippen LogP contribution in [0.5, 0.6) is 5.75 Å². The highest BCUT2D eigenvalue weighted by molar-refractivity contribution is 5.48. The fraction of sp³-hybridized carbons (Fsp3) is 0.273. The fourth-order valence-electron chi connectivity index (χ4n) is 1.31. The summed E-state index contributed by atoms with van der Waals surface area (Å²) in [7, 11) is 1.41. The van der Waals surface area contributed by atoms with Gasteiger partial charge in [0.25, 0.3) is 0 Å². The van der Waals surface area contributed by atoms with Gasteiger partial charge >= 0.3 is 5.69 Å². The Bertz CT molecular complexity index is 391. The van der Waals surface area contributed by atoms with Crippen LogP contribution >= 0.6 is 0 Å². The monoisotopic (exact) mass is 222 g/mol. The van der Waals surface area contributed by atoms with Gasteiger partial charge in [0, 0.05) is 19.2 Å². The Morgan fingerprint density at radius 2 is 2.38 bits per heavy atom. The highest BCUT2D eigenvalue weighted by Gasteiger charge is 2.14. The van der Waals surface area contributed by atoms with Gasteiger partial charge in [-0.05, 0) is 11.6 Å². The molecule has 1 rings (SSSR count). The minimum absolute atomic E-state index is 0.0135. The van der Waals surface area contributed by atoms with Gasteiger partial charge in [-0.15, -0.1) is 6.58 Å². The predicted octanol–water partition coefficient (Wildman–Crippen LogP) is 1.88. The standard InChI is InChI=1S/C11H14N2O3/c1-3-6-12-8-9-4-5-11(16-2)10(7-9)13(14)15/h3-5,7,12H,1,6,8H2,2H3. The minimum atomic E-state index is -0.449. The van der Waals surface area contributed by atoms with Gasteiger partial charge in [0.15, 0.2) is 5.75 Å². The Balaban J connectivity index is 2.84. The van der Waals surface area contributed by atoms with Crippen LogP contribution in [0.1, 0.15) is 5.56 Å². The van der Waals surface area contributed by atoms with E-state index in [4.69, 9.17) is 4.74 Å². The topological polar surface area (TPSA) is 64.4 Å². The second-order valence-corrected chi connectivity index (χ2v) is 3.18. The summed E-state index contributed by atoms with van der Waals surface area (Å²) in [5, 5.41) is 13.8. The summed E-state index contributed by atoms with van der Waals surface area (Å²) in [6.07, 6.45) is 1.73. The Labute approximate surface area is 93.9 Å². The minimum Gasteiger partial charge on any atom is -0.490 e. The van der Waals surface area contributed by atoms with E-state index >= 15 is 0 Å². The lowest BCUT2D eigenvalue weighted by atomic mass is 10.2. The van der Waals surface area contributed by atoms with Crippen molar-refractivity contribution in [2.75, 3.05) is 13.7 Å². The Hall–Kier alpha value is -1.88. The van der Waals surface area contributed by atoms with Crippen molar-refractivity contribution < 1.29 is 9.66 Å². The summed E-state index contributed by atoms with van der Waals surface area (Å²) in [5.41, 5.74) is 0.828. The molecule has 1 N–H and O–H groups in total. The number of rotatable bonds is 6. The number of hydrogen-bond donors (Lipinski definition) is 1. The molecule has 1 aromatic carbocycles. The third-order valence-corrected chi connectivity index (χ3v) is 2.06. The van der Waals surface area contributed by atoms with Gasteiger partial charge in [0.2, 0.25) is 0 Å². The number of nitro benzene ring substituents is 1. The zero-order valence-corrected chi connectivity index (χ0v) is 9.10. The van der Waals surface area contributed by atoms with E-state index in [0.29, 0.717) is 13.1 Å². The third-order valence-electron chi connectivity index (χ3n) is 2.06. The molecule has 0 aliphatic heterocycles. The quantitative estimate of drug-likeness (QED) is 0.345. The third kappa shape index (κ3) is 3.06. The maximum atomic E-state index is 10.8. The molecule has 5 heteroatoms. The molecule has 16 heavy (non-hydrogen) atoms. The molecule has 0 saturated carbocycles. The largest absolute Gasteiger partial charge is 0.490 e. The van der Waals surface area contributed by atoms with Crippen LogP contribution in [0.4, 0.5) is 5.69 Å². The van der Waals surface area contributed by atoms with Crippen molar-refractivity contribution in [3.05, 3.63) is 46.5 Å². The van der Waals surface area contributed by atoms with Crippen LogP contribution in [0, 0.1) is 10.1 Å². The zero-order chi connectivity index (χ0) is 12.0. The van der Waals surface area contributed by atoms with Crippen molar-refractivity contribution in [3.63, 3.8) is 0 Å². The van der Waals surface area contributed by atoms with Gasteiger partial charge in [0.1, 0.15) is 0 Å². The summed E-state index contributed by atoms with van der Waals surface area (Å²) in [5.74, 6) is 0.275. The average molecular weight is 222 g/mol. The highest BCUT2D eigenvalue weighted by atomic mass is 16.6. The van der Waals surface area contributed by atoms with Crippen molar-refractivity contribution in [3.8, 4) is 5.75 Å². The predicted molar refractivity (Wildman–Crippen MR) is 61.6 cm³/mol. The van der Waals surface area contributed by atoms with E-state index in [-0.39, 0.29) is 11.4 Å². The molecule has 0 amide bonds. The van der Waals surface area contributed by atoms with Crippen LogP contribution in [0.15, 0.2) is 30.9 Å². The molecule has 0 atom stereocenters. The first kappa shape index (κ1) is 12.2. The van der Waals surface area contributed by atoms with Crippen LogP contribution in [-0.4, -0.2) is 18.6 Å². The van der Waals surface area contributed by atoms with Gasteiger partial charge in [-0.1, -0.05) is 12.1 Å². The molecule has 0 aliphatic carbocycles. The molecule has 0 aliphatic rings. The SMILES string of the molecule is C=CCNCc1ccc(OC)c([N+](=O)[O-])c1. The Morgan fingerprint density at radius 1 is 1.62 bits per heavy atom. The molecule has 0 unspecified atom stereocenters. The number of ether oxygens (including phenoxy) is 1. The van der Waals surface area contributed by atoms with Crippen molar-refractivity contribution >= 4 is 5.69 Å². The normalized spacial score (nSPS) is 9.81. The summed E-state index contributed by atoms with van der Waals surface area (Å²) >= 11 is 0. The van der Waals surface area contributed by atoms with E-state index in [1.54, 1.807) is 18.2 Å². The number of hydrogen-bond acceptors (Lipinski definition) is 4. The molecule has 0 saturated heterocycles. The molecule has 0 fully saturated rings. The van der Waals surface area contributed by atoms with E-state index in [0.717, 1.165) is 5.56 Å². The Morgan fingerprint density at radius 3 is 2.94 bits per heavy atom. The highest BCUT2D eigenvalue weighted by Crippen LogP contribution is 2.27. The number of nitrogens with zero attached hydrogens (tertiary/aromatic N) is 1. The van der Waals surface area contributed by atoms with Gasteiger partial charge in [0.05, 0.1) is 12.0 Å². The average Bonchev–Trinajstić information content (AvgIpc) is 2.29. The van der Waals surface area contributed by atoms with Gasteiger partial charge in [-0.3, -0.25) is 10.1 Å². The van der Waals surface area contributed by atoms with E-state index in [2.05, 4.69) is 11.9 Å². The molecule has 0 aromatic heterocycles. The van der Waals surface area contributed by atoms with Crippen LogP contribution in [-0.2, 0) is 6.54 Å². The zero-order valence-electron chi connectivity index (χ0n) is 9.10. The maximum absolute atomic E-state index is 10.8. The molecule has 0 spiro atoms. The van der Waals surface area contributed by atoms with Crippen LogP contribution in [0.2, 0.25) is 0 Å². The summed E-state index contributed by atoms with van der Waals surface area (Å²) in [6, 6.07) is 4.90. The van der Waals surface area contributed by atoms with Crippen molar-refractivity contribution in [2.24, 2.45) is 0 Å². The van der Waals surface area contributed by atoms with Crippen molar-refractivity contribution in [2.45, 2.75) is 6.54 Å². The second kappa shape index (κ2) is 5.87. The number of methoxy groups -OCH3 is 1. The molecule has 0 heterocycles. The summed E-state index contributed by atoms with van der Waals surface area (Å²) < 4.78 is 4.91. The fourth-order valence-corrected chi connectivity index (χ4v) is 1.31. The number of benzene rings is 1. The lowest BCUT2D eigenvalue weighted by Gasteiger charge is -2.05. The summed E-state index contributed by atoms with van der Waals surface area (Å²) in [4.78, 5) is 10.3. The van der Waals surface area contributed by atoms with E-state index < -0.39 is 4.92 Å². The smallest absolute Gasteiger partial charge is 0.311 e. The lowest BCUT2D eigenvalue weighted by molar-refractivity contribution is -0.385. The van der Waals surface area contributed by atoms with Crippen LogP contribution in [0.25, 0.3) is 0 Å². The van der Waals surface area contributed by atoms with E-state index in [1.165, 1.54) is 13.2 Å². The van der Waals surface area contributed by atoms with Crippen LogP contribution < -0.4 is 10.1 Å². The first-order valence-electron chi connectivity index (χ1n) is 4.82. The van der Waals surface area contributed by atoms with Gasteiger partial charge in [-0.25, -0.2) is 0 Å². The molecular weight excluding hydrogens is 208 g/mol. The second-order valence-electron chi connectivity index (χ2n) is 3.18. The van der Waals surface area contributed by atoms with Crippen molar-refractivity contribution in [1.29, 1.82) is 0 Å². The molecule has 0 bridgehead atoms. The Kier molecular flexibility index (Phi) is 4.47. The van der Waals surface area contributed by atoms with Gasteiger partial charge < -0.3 is 10.1 Å².